The molecule has 3 aromatic rings. The Hall–Kier alpha value is -3.18. The predicted octanol–water partition coefficient (Wildman–Crippen LogP) is 5.50. The summed E-state index contributed by atoms with van der Waals surface area (Å²) in [4.78, 5) is 13.1. The first-order chi connectivity index (χ1) is 17.0. The fraction of sp³-hybridized carbons (Fsp3) is 0.370. The van der Waals surface area contributed by atoms with Gasteiger partial charge in [0, 0.05) is 18.2 Å². The number of hydrogen-bond acceptors (Lipinski definition) is 6. The van der Waals surface area contributed by atoms with Crippen LogP contribution in [0.25, 0.3) is 0 Å². The summed E-state index contributed by atoms with van der Waals surface area (Å²) in [7, 11) is 1.38. The molecule has 0 atom stereocenters. The molecule has 0 fully saturated rings. The third-order valence-corrected chi connectivity index (χ3v) is 14.6. The van der Waals surface area contributed by atoms with Crippen LogP contribution in [0.4, 0.5) is 5.69 Å². The largest absolute Gasteiger partial charge is 0.496 e. The van der Waals surface area contributed by atoms with Crippen LogP contribution < -0.4 is 34.6 Å². The summed E-state index contributed by atoms with van der Waals surface area (Å²) < 4.78 is 28.4. The maximum atomic E-state index is 13.1. The Balaban J connectivity index is 1.63. The number of amides is 1. The lowest BCUT2D eigenvalue weighted by Gasteiger charge is -2.40. The Labute approximate surface area is 214 Å². The van der Waals surface area contributed by atoms with E-state index in [0.717, 1.165) is 11.3 Å². The van der Waals surface area contributed by atoms with Crippen molar-refractivity contribution in [1.82, 2.24) is 0 Å². The number of aryl methyl sites for hydroxylation is 1. The molecule has 0 radical (unpaired) electrons. The van der Waals surface area contributed by atoms with Gasteiger partial charge >= 0.3 is 0 Å². The first-order valence-corrected chi connectivity index (χ1v) is 18.5. The molecule has 36 heavy (non-hydrogen) atoms. The molecule has 1 aliphatic heterocycles. The molecule has 1 aromatic heterocycles. The molecule has 192 valence electrons. The maximum absolute atomic E-state index is 13.1. The summed E-state index contributed by atoms with van der Waals surface area (Å²) in [6.45, 7) is 11.8. The molecule has 7 nitrogen and oxygen atoms in total. The third-order valence-electron chi connectivity index (χ3n) is 7.10. The van der Waals surface area contributed by atoms with Gasteiger partial charge in [-0.1, -0.05) is 55.6 Å². The zero-order chi connectivity index (χ0) is 26.3. The second-order valence-corrected chi connectivity index (χ2v) is 20.1. The van der Waals surface area contributed by atoms with Crippen molar-refractivity contribution in [2.45, 2.75) is 45.2 Å². The molecule has 4 rings (SSSR count). The highest BCUT2D eigenvalue weighted by Crippen LogP contribution is 2.39. The minimum Gasteiger partial charge on any atom is -0.496 e. The van der Waals surface area contributed by atoms with Crippen LogP contribution in [0.2, 0.25) is 38.3 Å². The SMILES string of the molecule is COc1cc(OC)c(NC(=O)c2ccc(Oc3c(C)ccc4c3[Si](C)(C)CC[Si]4(C)C)o2)c(OC)c1. The van der Waals surface area contributed by atoms with Gasteiger partial charge in [0.15, 0.2) is 5.76 Å². The van der Waals surface area contributed by atoms with E-state index >= 15 is 0 Å². The molecule has 9 heteroatoms. The van der Waals surface area contributed by atoms with Crippen LogP contribution >= 0.6 is 0 Å². The van der Waals surface area contributed by atoms with E-state index in [9.17, 15) is 4.79 Å². The molecule has 0 aliphatic carbocycles. The van der Waals surface area contributed by atoms with E-state index < -0.39 is 22.1 Å². The van der Waals surface area contributed by atoms with Crippen LogP contribution in [0, 0.1) is 6.92 Å². The number of methoxy groups -OCH3 is 3. The fourth-order valence-electron chi connectivity index (χ4n) is 4.84. The first-order valence-electron chi connectivity index (χ1n) is 12.0. The second kappa shape index (κ2) is 9.70. The molecular formula is C27H35NO6Si2. The van der Waals surface area contributed by atoms with Gasteiger partial charge in [-0.2, -0.15) is 0 Å². The Kier molecular flexibility index (Phi) is 6.98. The summed E-state index contributed by atoms with van der Waals surface area (Å²) >= 11 is 0. The fourth-order valence-corrected chi connectivity index (χ4v) is 15.4. The van der Waals surface area contributed by atoms with Gasteiger partial charge in [0.1, 0.15) is 28.7 Å². The number of rotatable bonds is 7. The number of fused-ring (bicyclic) bond motifs is 1. The smallest absolute Gasteiger partial charge is 0.291 e. The van der Waals surface area contributed by atoms with Crippen molar-refractivity contribution in [2.75, 3.05) is 26.6 Å². The van der Waals surface area contributed by atoms with Crippen molar-refractivity contribution in [1.29, 1.82) is 0 Å². The number of furan rings is 1. The van der Waals surface area contributed by atoms with Crippen LogP contribution in [0.15, 0.2) is 40.8 Å². The summed E-state index contributed by atoms with van der Waals surface area (Å²) in [5, 5.41) is 5.73. The molecule has 0 bridgehead atoms. The number of carbonyl (C=O) groups excluding carboxylic acids is 1. The normalized spacial score (nSPS) is 15.6. The summed E-state index contributed by atoms with van der Waals surface area (Å²) in [6.07, 6.45) is 0. The first kappa shape index (κ1) is 25.9. The lowest BCUT2D eigenvalue weighted by atomic mass is 10.2. The van der Waals surface area contributed by atoms with E-state index in [1.54, 1.807) is 31.4 Å². The van der Waals surface area contributed by atoms with Gasteiger partial charge in [0.25, 0.3) is 11.9 Å². The van der Waals surface area contributed by atoms with Crippen molar-refractivity contribution in [3.8, 4) is 28.9 Å². The number of nitrogens with one attached hydrogen (secondary N) is 1. The molecule has 0 unspecified atom stereocenters. The molecule has 1 aliphatic rings. The molecule has 2 heterocycles. The Bertz CT molecular complexity index is 1270. The van der Waals surface area contributed by atoms with Crippen LogP contribution in [0.5, 0.6) is 28.9 Å². The number of benzene rings is 2. The molecular weight excluding hydrogens is 490 g/mol. The van der Waals surface area contributed by atoms with Crippen molar-refractivity contribution in [2.24, 2.45) is 0 Å². The summed E-state index contributed by atoms with van der Waals surface area (Å²) in [5.74, 6) is 2.24. The van der Waals surface area contributed by atoms with Gasteiger partial charge in [-0.3, -0.25) is 4.79 Å². The number of carbonyl (C=O) groups is 1. The predicted molar refractivity (Wildman–Crippen MR) is 148 cm³/mol. The van der Waals surface area contributed by atoms with Crippen molar-refractivity contribution >= 4 is 38.1 Å². The van der Waals surface area contributed by atoms with Crippen LogP contribution in [0.1, 0.15) is 16.1 Å². The summed E-state index contributed by atoms with van der Waals surface area (Å²) in [6, 6.07) is 13.7. The Morgan fingerprint density at radius 3 is 2.14 bits per heavy atom. The second-order valence-electron chi connectivity index (χ2n) is 10.5. The molecule has 0 saturated carbocycles. The van der Waals surface area contributed by atoms with E-state index in [0.29, 0.717) is 28.9 Å². The zero-order valence-corrected chi connectivity index (χ0v) is 24.3. The van der Waals surface area contributed by atoms with Gasteiger partial charge in [-0.05, 0) is 23.7 Å². The molecule has 0 spiro atoms. The topological polar surface area (TPSA) is 79.2 Å². The van der Waals surface area contributed by atoms with Crippen molar-refractivity contribution in [3.63, 3.8) is 0 Å². The van der Waals surface area contributed by atoms with Gasteiger partial charge in [-0.15, -0.1) is 0 Å². The zero-order valence-electron chi connectivity index (χ0n) is 22.3. The quantitative estimate of drug-likeness (QED) is 0.410. The van der Waals surface area contributed by atoms with Crippen LogP contribution in [-0.4, -0.2) is 43.4 Å². The number of hydrogen-bond donors (Lipinski definition) is 1. The average Bonchev–Trinajstić information content (AvgIpc) is 3.32. The molecule has 1 N–H and O–H groups in total. The Morgan fingerprint density at radius 2 is 1.53 bits per heavy atom. The minimum absolute atomic E-state index is 0.124. The van der Waals surface area contributed by atoms with Crippen LogP contribution in [0.3, 0.4) is 0 Å². The summed E-state index contributed by atoms with van der Waals surface area (Å²) in [5.41, 5.74) is 1.47. The standard InChI is InChI=1S/C27H35NO6Si2/c1-17-9-11-22-26(36(7,8)14-13-35(22,5)6)25(17)34-23-12-10-19(33-23)27(29)28-24-20(31-3)15-18(30-2)16-21(24)32-4/h9-12,15-16H,13-14H2,1-8H3,(H,28,29). The highest BCUT2D eigenvalue weighted by atomic mass is 28.3. The average molecular weight is 526 g/mol. The van der Waals surface area contributed by atoms with Gasteiger partial charge in [0.2, 0.25) is 0 Å². The van der Waals surface area contributed by atoms with Gasteiger partial charge in [0.05, 0.1) is 37.5 Å². The number of anilines is 1. The van der Waals surface area contributed by atoms with Gasteiger partial charge < -0.3 is 28.7 Å². The van der Waals surface area contributed by atoms with E-state index in [1.807, 2.05) is 0 Å². The van der Waals surface area contributed by atoms with Crippen molar-refractivity contribution in [3.05, 3.63) is 47.7 Å². The Morgan fingerprint density at radius 1 is 0.889 bits per heavy atom. The van der Waals surface area contributed by atoms with Crippen molar-refractivity contribution < 1.29 is 28.2 Å². The highest BCUT2D eigenvalue weighted by Gasteiger charge is 2.42. The molecule has 2 aromatic carbocycles. The van der Waals surface area contributed by atoms with Gasteiger partial charge in [-0.25, -0.2) is 0 Å². The van der Waals surface area contributed by atoms with E-state index in [4.69, 9.17) is 23.4 Å². The van der Waals surface area contributed by atoms with E-state index in [-0.39, 0.29) is 5.76 Å². The molecule has 0 saturated heterocycles. The third kappa shape index (κ3) is 4.77. The lowest BCUT2D eigenvalue weighted by molar-refractivity contribution is 0.0991. The highest BCUT2D eigenvalue weighted by molar-refractivity contribution is 7.03. The maximum Gasteiger partial charge on any atom is 0.291 e. The lowest BCUT2D eigenvalue weighted by Crippen LogP contribution is -2.63. The monoisotopic (exact) mass is 525 g/mol. The minimum atomic E-state index is -1.67. The number of ether oxygens (including phenoxy) is 4. The van der Waals surface area contributed by atoms with E-state index in [2.05, 4.69) is 50.6 Å². The molecule has 1 amide bonds. The van der Waals surface area contributed by atoms with Crippen LogP contribution in [-0.2, 0) is 0 Å². The van der Waals surface area contributed by atoms with E-state index in [1.165, 1.54) is 36.7 Å².